The first-order valence-electron chi connectivity index (χ1n) is 20.4. The number of nitrogens with zero attached hydrogens (tertiary/aromatic N) is 2. The standard InChI is InChI=1S/C58H42N2/c1-3-41-23-31-47(32-24-41)59(45-15-7-5-8-16-45)49-35-27-43(28-36-49)55-39-57-54-22-14-12-20-52(54)56(40-58(57)53-21-13-11-19-51(53)55)44-29-37-50(38-30-44)60(46-17-9-6-10-18-46)48-33-25-42(4-2)26-34-48/h3-40H,1-2H2. The van der Waals surface area contributed by atoms with Gasteiger partial charge in [-0.2, -0.15) is 0 Å². The Balaban J connectivity index is 1.07. The van der Waals surface area contributed by atoms with Gasteiger partial charge in [-0.3, -0.25) is 0 Å². The van der Waals surface area contributed by atoms with E-state index in [0.29, 0.717) is 0 Å². The molecule has 0 aliphatic heterocycles. The van der Waals surface area contributed by atoms with Crippen molar-refractivity contribution in [3.05, 3.63) is 243 Å². The van der Waals surface area contributed by atoms with E-state index in [1.54, 1.807) is 0 Å². The molecular weight excluding hydrogens is 725 g/mol. The van der Waals surface area contributed by atoms with Crippen molar-refractivity contribution in [2.75, 3.05) is 9.80 Å². The lowest BCUT2D eigenvalue weighted by molar-refractivity contribution is 1.28. The molecule has 0 bridgehead atoms. The molecule has 2 nitrogen and oxygen atoms in total. The maximum Gasteiger partial charge on any atom is 0.0462 e. The molecule has 10 aromatic rings. The van der Waals surface area contributed by atoms with Gasteiger partial charge < -0.3 is 9.80 Å². The predicted molar refractivity (Wildman–Crippen MR) is 259 cm³/mol. The van der Waals surface area contributed by atoms with Crippen molar-refractivity contribution in [3.8, 4) is 22.3 Å². The van der Waals surface area contributed by atoms with Crippen LogP contribution in [0.2, 0.25) is 0 Å². The van der Waals surface area contributed by atoms with Crippen LogP contribution >= 0.6 is 0 Å². The molecular formula is C58H42N2. The summed E-state index contributed by atoms with van der Waals surface area (Å²) in [4.78, 5) is 4.60. The Morgan fingerprint density at radius 3 is 0.883 bits per heavy atom. The Hall–Kier alpha value is -7.94. The molecule has 0 fully saturated rings. The molecule has 0 amide bonds. The first-order valence-corrected chi connectivity index (χ1v) is 20.4. The van der Waals surface area contributed by atoms with Crippen molar-refractivity contribution in [2.45, 2.75) is 0 Å². The molecule has 0 aliphatic carbocycles. The van der Waals surface area contributed by atoms with Crippen LogP contribution in [-0.4, -0.2) is 0 Å². The van der Waals surface area contributed by atoms with Crippen molar-refractivity contribution in [1.82, 2.24) is 0 Å². The Morgan fingerprint density at radius 2 is 0.550 bits per heavy atom. The molecule has 0 N–H and O–H groups in total. The number of hydrogen-bond donors (Lipinski definition) is 0. The minimum Gasteiger partial charge on any atom is -0.311 e. The normalized spacial score (nSPS) is 11.1. The van der Waals surface area contributed by atoms with Gasteiger partial charge in [-0.05, 0) is 151 Å². The van der Waals surface area contributed by atoms with Gasteiger partial charge in [0, 0.05) is 34.1 Å². The summed E-state index contributed by atoms with van der Waals surface area (Å²) in [6.45, 7) is 7.90. The minimum absolute atomic E-state index is 1.10. The van der Waals surface area contributed by atoms with E-state index in [1.165, 1.54) is 54.6 Å². The molecule has 0 saturated carbocycles. The fraction of sp³-hybridized carbons (Fsp3) is 0. The first kappa shape index (κ1) is 36.4. The van der Waals surface area contributed by atoms with Crippen LogP contribution < -0.4 is 9.80 Å². The summed E-state index contributed by atoms with van der Waals surface area (Å²) in [5.41, 5.74) is 13.6. The lowest BCUT2D eigenvalue weighted by Crippen LogP contribution is -2.09. The van der Waals surface area contributed by atoms with Crippen LogP contribution in [0.4, 0.5) is 34.1 Å². The van der Waals surface area contributed by atoms with Crippen molar-refractivity contribution in [2.24, 2.45) is 0 Å². The summed E-state index contributed by atoms with van der Waals surface area (Å²) in [6, 6.07) is 78.7. The first-order chi connectivity index (χ1) is 29.7. The van der Waals surface area contributed by atoms with E-state index < -0.39 is 0 Å². The van der Waals surface area contributed by atoms with Gasteiger partial charge in [-0.15, -0.1) is 0 Å². The molecule has 0 spiro atoms. The van der Waals surface area contributed by atoms with E-state index in [-0.39, 0.29) is 0 Å². The van der Waals surface area contributed by atoms with Crippen molar-refractivity contribution < 1.29 is 0 Å². The smallest absolute Gasteiger partial charge is 0.0462 e. The van der Waals surface area contributed by atoms with Gasteiger partial charge >= 0.3 is 0 Å². The fourth-order valence-corrected chi connectivity index (χ4v) is 8.58. The SMILES string of the molecule is C=Cc1ccc(N(c2ccccc2)c2ccc(-c3cc4c5ccccc5c(-c5ccc(N(c6ccccc6)c6ccc(C=C)cc6)cc5)cc4c4ccccc34)cc2)cc1. The topological polar surface area (TPSA) is 6.48 Å². The molecule has 0 aromatic heterocycles. The summed E-state index contributed by atoms with van der Waals surface area (Å²) in [5.74, 6) is 0. The lowest BCUT2D eigenvalue weighted by atomic mass is 9.87. The van der Waals surface area contributed by atoms with Gasteiger partial charge in [-0.25, -0.2) is 0 Å². The third-order valence-electron chi connectivity index (χ3n) is 11.6. The van der Waals surface area contributed by atoms with Crippen LogP contribution in [0.5, 0.6) is 0 Å². The van der Waals surface area contributed by atoms with Crippen LogP contribution in [-0.2, 0) is 0 Å². The highest BCUT2D eigenvalue weighted by atomic mass is 15.1. The van der Waals surface area contributed by atoms with Gasteiger partial charge in [0.1, 0.15) is 0 Å². The zero-order valence-electron chi connectivity index (χ0n) is 33.2. The number of hydrogen-bond acceptors (Lipinski definition) is 2. The molecule has 0 radical (unpaired) electrons. The lowest BCUT2D eigenvalue weighted by Gasteiger charge is -2.26. The van der Waals surface area contributed by atoms with Crippen LogP contribution in [0.25, 0.3) is 66.7 Å². The largest absolute Gasteiger partial charge is 0.311 e. The number of para-hydroxylation sites is 2. The Bertz CT molecular complexity index is 2910. The van der Waals surface area contributed by atoms with Crippen LogP contribution in [0, 0.1) is 0 Å². The summed E-state index contributed by atoms with van der Waals surface area (Å²) < 4.78 is 0. The molecule has 284 valence electrons. The number of benzene rings is 10. The van der Waals surface area contributed by atoms with E-state index >= 15 is 0 Å². The second-order valence-electron chi connectivity index (χ2n) is 15.1. The number of rotatable bonds is 10. The van der Waals surface area contributed by atoms with Crippen molar-refractivity contribution >= 4 is 78.6 Å². The van der Waals surface area contributed by atoms with E-state index in [2.05, 4.69) is 241 Å². The maximum absolute atomic E-state index is 3.95. The second-order valence-corrected chi connectivity index (χ2v) is 15.1. The fourth-order valence-electron chi connectivity index (χ4n) is 8.58. The predicted octanol–water partition coefficient (Wildman–Crippen LogP) is 16.7. The van der Waals surface area contributed by atoms with Crippen LogP contribution in [0.15, 0.2) is 232 Å². The van der Waals surface area contributed by atoms with E-state index in [9.17, 15) is 0 Å². The molecule has 60 heavy (non-hydrogen) atoms. The van der Waals surface area contributed by atoms with Gasteiger partial charge in [0.25, 0.3) is 0 Å². The summed E-state index contributed by atoms with van der Waals surface area (Å²) in [6.07, 6.45) is 3.76. The highest BCUT2D eigenvalue weighted by Crippen LogP contribution is 2.44. The average molecular weight is 767 g/mol. The molecule has 0 saturated heterocycles. The Kier molecular flexibility index (Phi) is 9.57. The molecule has 0 atom stereocenters. The number of anilines is 6. The molecule has 10 rings (SSSR count). The third kappa shape index (κ3) is 6.70. The molecule has 0 heterocycles. The van der Waals surface area contributed by atoms with Crippen molar-refractivity contribution in [3.63, 3.8) is 0 Å². The monoisotopic (exact) mass is 766 g/mol. The van der Waals surface area contributed by atoms with Crippen molar-refractivity contribution in [1.29, 1.82) is 0 Å². The maximum atomic E-state index is 3.95. The minimum atomic E-state index is 1.10. The summed E-state index contributed by atoms with van der Waals surface area (Å²) in [5, 5.41) is 7.43. The third-order valence-corrected chi connectivity index (χ3v) is 11.6. The van der Waals surface area contributed by atoms with Gasteiger partial charge in [0.15, 0.2) is 0 Å². The van der Waals surface area contributed by atoms with Gasteiger partial charge in [0.2, 0.25) is 0 Å². The zero-order valence-corrected chi connectivity index (χ0v) is 33.2. The summed E-state index contributed by atoms with van der Waals surface area (Å²) in [7, 11) is 0. The summed E-state index contributed by atoms with van der Waals surface area (Å²) >= 11 is 0. The number of fused-ring (bicyclic) bond motifs is 5. The molecule has 2 heteroatoms. The van der Waals surface area contributed by atoms with Crippen LogP contribution in [0.1, 0.15) is 11.1 Å². The zero-order chi connectivity index (χ0) is 40.4. The highest BCUT2D eigenvalue weighted by Gasteiger charge is 2.18. The van der Waals surface area contributed by atoms with E-state index in [0.717, 1.165) is 45.3 Å². The second kappa shape index (κ2) is 15.8. The van der Waals surface area contributed by atoms with Gasteiger partial charge in [-0.1, -0.05) is 159 Å². The molecule has 10 aromatic carbocycles. The average Bonchev–Trinajstić information content (AvgIpc) is 3.33. The van der Waals surface area contributed by atoms with Gasteiger partial charge in [0.05, 0.1) is 0 Å². The van der Waals surface area contributed by atoms with E-state index in [1.807, 2.05) is 12.2 Å². The quantitative estimate of drug-likeness (QED) is 0.128. The molecule has 0 aliphatic rings. The Morgan fingerprint density at radius 1 is 0.267 bits per heavy atom. The Labute approximate surface area is 351 Å². The van der Waals surface area contributed by atoms with E-state index in [4.69, 9.17) is 0 Å². The van der Waals surface area contributed by atoms with Crippen LogP contribution in [0.3, 0.4) is 0 Å². The highest BCUT2D eigenvalue weighted by molar-refractivity contribution is 6.23. The molecule has 0 unspecified atom stereocenters.